The number of nitrogens with one attached hydrogen (secondary N) is 1. The van der Waals surface area contributed by atoms with Gasteiger partial charge in [0.2, 0.25) is 5.88 Å². The molecule has 2 N–H and O–H groups in total. The summed E-state index contributed by atoms with van der Waals surface area (Å²) in [5, 5.41) is 12.3. The highest BCUT2D eigenvalue weighted by Crippen LogP contribution is 2.22. The van der Waals surface area contributed by atoms with Crippen molar-refractivity contribution < 1.29 is 23.0 Å². The first-order chi connectivity index (χ1) is 10.9. The third-order valence-corrected chi connectivity index (χ3v) is 3.14. The number of nitrogens with zero attached hydrogens (tertiary/aromatic N) is 1. The fourth-order valence-electron chi connectivity index (χ4n) is 2.00. The average Bonchev–Trinajstić information content (AvgIpc) is 2.53. The van der Waals surface area contributed by atoms with Crippen molar-refractivity contribution in [2.24, 2.45) is 0 Å². The number of halogens is 3. The van der Waals surface area contributed by atoms with Crippen molar-refractivity contribution in [3.63, 3.8) is 0 Å². The molecule has 0 saturated heterocycles. The standard InChI is InChI=1S/C16H17F3N2O2/c1-11(13-4-2-3-12(7-13)9-22)21-14-5-6-15(20-8-14)23-10-16(17,18)19/h2-8,11,21-22H,9-10H2,1H3. The molecule has 0 aliphatic rings. The van der Waals surface area contributed by atoms with Crippen LogP contribution in [0, 0.1) is 0 Å². The van der Waals surface area contributed by atoms with Crippen molar-refractivity contribution in [2.75, 3.05) is 11.9 Å². The van der Waals surface area contributed by atoms with E-state index in [4.69, 9.17) is 5.11 Å². The van der Waals surface area contributed by atoms with Gasteiger partial charge in [0.25, 0.3) is 0 Å². The number of aromatic nitrogens is 1. The number of aliphatic hydroxyl groups is 1. The Morgan fingerprint density at radius 1 is 1.26 bits per heavy atom. The molecule has 1 unspecified atom stereocenters. The van der Waals surface area contributed by atoms with Gasteiger partial charge in [0, 0.05) is 12.1 Å². The first kappa shape index (κ1) is 17.1. The fourth-order valence-corrected chi connectivity index (χ4v) is 2.00. The summed E-state index contributed by atoms with van der Waals surface area (Å²) >= 11 is 0. The molecule has 0 aliphatic carbocycles. The van der Waals surface area contributed by atoms with Crippen molar-refractivity contribution in [1.29, 1.82) is 0 Å². The van der Waals surface area contributed by atoms with Crippen LogP contribution in [0.5, 0.6) is 5.88 Å². The number of pyridine rings is 1. The molecule has 23 heavy (non-hydrogen) atoms. The largest absolute Gasteiger partial charge is 0.468 e. The minimum Gasteiger partial charge on any atom is -0.468 e. The van der Waals surface area contributed by atoms with E-state index in [1.807, 2.05) is 31.2 Å². The maximum atomic E-state index is 12.1. The van der Waals surface area contributed by atoms with Gasteiger partial charge in [-0.15, -0.1) is 0 Å². The molecule has 1 aromatic carbocycles. The smallest absolute Gasteiger partial charge is 0.422 e. The first-order valence-corrected chi connectivity index (χ1v) is 6.99. The number of alkyl halides is 3. The zero-order valence-electron chi connectivity index (χ0n) is 12.5. The summed E-state index contributed by atoms with van der Waals surface area (Å²) in [6, 6.07) is 10.4. The van der Waals surface area contributed by atoms with Crippen LogP contribution in [0.1, 0.15) is 24.1 Å². The van der Waals surface area contributed by atoms with Crippen LogP contribution in [0.15, 0.2) is 42.6 Å². The lowest BCUT2D eigenvalue weighted by Crippen LogP contribution is -2.19. The van der Waals surface area contributed by atoms with Crippen molar-refractivity contribution in [2.45, 2.75) is 25.7 Å². The molecule has 0 bridgehead atoms. The van der Waals surface area contributed by atoms with Crippen LogP contribution in [-0.2, 0) is 6.61 Å². The second-order valence-corrected chi connectivity index (χ2v) is 5.06. The SMILES string of the molecule is CC(Nc1ccc(OCC(F)(F)F)nc1)c1cccc(CO)c1. The Balaban J connectivity index is 1.97. The minimum atomic E-state index is -4.38. The Kier molecular flexibility index (Phi) is 5.44. The molecule has 1 atom stereocenters. The molecule has 1 heterocycles. The summed E-state index contributed by atoms with van der Waals surface area (Å²) in [7, 11) is 0. The van der Waals surface area contributed by atoms with Gasteiger partial charge in [-0.3, -0.25) is 0 Å². The van der Waals surface area contributed by atoms with Crippen LogP contribution in [0.4, 0.5) is 18.9 Å². The van der Waals surface area contributed by atoms with E-state index in [1.165, 1.54) is 12.3 Å². The number of rotatable bonds is 6. The normalized spacial score (nSPS) is 12.7. The number of hydrogen-bond donors (Lipinski definition) is 2. The molecular formula is C16H17F3N2O2. The van der Waals surface area contributed by atoms with Gasteiger partial charge in [0.1, 0.15) is 0 Å². The lowest BCUT2D eigenvalue weighted by atomic mass is 10.1. The van der Waals surface area contributed by atoms with Gasteiger partial charge in [-0.05, 0) is 24.1 Å². The number of hydrogen-bond acceptors (Lipinski definition) is 4. The van der Waals surface area contributed by atoms with Crippen LogP contribution in [0.2, 0.25) is 0 Å². The van der Waals surface area contributed by atoms with E-state index in [9.17, 15) is 13.2 Å². The van der Waals surface area contributed by atoms with E-state index >= 15 is 0 Å². The number of aliphatic hydroxyl groups excluding tert-OH is 1. The van der Waals surface area contributed by atoms with Gasteiger partial charge < -0.3 is 15.2 Å². The molecule has 2 aromatic rings. The number of ether oxygens (including phenoxy) is 1. The van der Waals surface area contributed by atoms with Gasteiger partial charge in [-0.1, -0.05) is 24.3 Å². The molecule has 0 fully saturated rings. The monoisotopic (exact) mass is 326 g/mol. The molecule has 0 aliphatic heterocycles. The average molecular weight is 326 g/mol. The summed E-state index contributed by atoms with van der Waals surface area (Å²) in [6.45, 7) is 0.537. The molecule has 7 heteroatoms. The van der Waals surface area contributed by atoms with Crippen LogP contribution in [0.25, 0.3) is 0 Å². The van der Waals surface area contributed by atoms with E-state index in [1.54, 1.807) is 6.07 Å². The van der Waals surface area contributed by atoms with Crippen molar-refractivity contribution in [1.82, 2.24) is 4.98 Å². The Morgan fingerprint density at radius 3 is 2.65 bits per heavy atom. The number of benzene rings is 1. The van der Waals surface area contributed by atoms with Gasteiger partial charge in [0.05, 0.1) is 18.5 Å². The summed E-state index contributed by atoms with van der Waals surface area (Å²) in [5.74, 6) is -0.0807. The lowest BCUT2D eigenvalue weighted by molar-refractivity contribution is -0.154. The second-order valence-electron chi connectivity index (χ2n) is 5.06. The molecule has 0 saturated carbocycles. The van der Waals surface area contributed by atoms with Crippen LogP contribution < -0.4 is 10.1 Å². The maximum Gasteiger partial charge on any atom is 0.422 e. The topological polar surface area (TPSA) is 54.4 Å². The van der Waals surface area contributed by atoms with Gasteiger partial charge in [0.15, 0.2) is 6.61 Å². The highest BCUT2D eigenvalue weighted by atomic mass is 19.4. The van der Waals surface area contributed by atoms with Gasteiger partial charge in [-0.25, -0.2) is 4.98 Å². The second kappa shape index (κ2) is 7.32. The molecule has 4 nitrogen and oxygen atoms in total. The third kappa shape index (κ3) is 5.45. The molecule has 2 rings (SSSR count). The third-order valence-electron chi connectivity index (χ3n) is 3.14. The van der Waals surface area contributed by atoms with E-state index in [0.717, 1.165) is 11.1 Å². The quantitative estimate of drug-likeness (QED) is 0.850. The predicted octanol–water partition coefficient (Wildman–Crippen LogP) is 3.69. The number of anilines is 1. The molecule has 124 valence electrons. The van der Waals surface area contributed by atoms with Crippen LogP contribution >= 0.6 is 0 Å². The Hall–Kier alpha value is -2.28. The molecule has 0 spiro atoms. The zero-order valence-corrected chi connectivity index (χ0v) is 12.5. The van der Waals surface area contributed by atoms with E-state index in [2.05, 4.69) is 15.0 Å². The maximum absolute atomic E-state index is 12.1. The van der Waals surface area contributed by atoms with E-state index in [-0.39, 0.29) is 18.5 Å². The Bertz CT molecular complexity index is 630. The summed E-state index contributed by atoms with van der Waals surface area (Å²) in [5.41, 5.74) is 2.45. The van der Waals surface area contributed by atoms with Gasteiger partial charge >= 0.3 is 6.18 Å². The lowest BCUT2D eigenvalue weighted by Gasteiger charge is -2.16. The molecular weight excluding hydrogens is 309 g/mol. The minimum absolute atomic E-state index is 0.0344. The van der Waals surface area contributed by atoms with Crippen molar-refractivity contribution >= 4 is 5.69 Å². The Morgan fingerprint density at radius 2 is 2.04 bits per heavy atom. The van der Waals surface area contributed by atoms with Crippen molar-refractivity contribution in [3.05, 3.63) is 53.7 Å². The highest BCUT2D eigenvalue weighted by molar-refractivity contribution is 5.44. The molecule has 0 radical (unpaired) electrons. The zero-order chi connectivity index (χ0) is 16.9. The first-order valence-electron chi connectivity index (χ1n) is 6.99. The molecule has 0 amide bonds. The predicted molar refractivity (Wildman–Crippen MR) is 80.2 cm³/mol. The fraction of sp³-hybridized carbons (Fsp3) is 0.312. The van der Waals surface area contributed by atoms with Crippen LogP contribution in [0.3, 0.4) is 0 Å². The van der Waals surface area contributed by atoms with Crippen molar-refractivity contribution in [3.8, 4) is 5.88 Å². The van der Waals surface area contributed by atoms with Crippen LogP contribution in [-0.4, -0.2) is 22.9 Å². The van der Waals surface area contributed by atoms with E-state index in [0.29, 0.717) is 5.69 Å². The highest BCUT2D eigenvalue weighted by Gasteiger charge is 2.28. The molecule has 1 aromatic heterocycles. The summed E-state index contributed by atoms with van der Waals surface area (Å²) in [4.78, 5) is 3.84. The summed E-state index contributed by atoms with van der Waals surface area (Å²) in [6.07, 6.45) is -2.97. The summed E-state index contributed by atoms with van der Waals surface area (Å²) < 4.78 is 40.7. The van der Waals surface area contributed by atoms with E-state index < -0.39 is 12.8 Å². The Labute approximate surface area is 131 Å². The van der Waals surface area contributed by atoms with Gasteiger partial charge in [-0.2, -0.15) is 13.2 Å².